The molecule has 2 N–H and O–H groups in total. The van der Waals surface area contributed by atoms with Crippen molar-refractivity contribution in [2.45, 2.75) is 19.8 Å². The van der Waals surface area contributed by atoms with Gasteiger partial charge in [-0.15, -0.1) is 0 Å². The Kier molecular flexibility index (Phi) is 4.68. The summed E-state index contributed by atoms with van der Waals surface area (Å²) in [6, 6.07) is 12.3. The van der Waals surface area contributed by atoms with Gasteiger partial charge in [0.2, 0.25) is 11.8 Å². The third-order valence-corrected chi connectivity index (χ3v) is 4.62. The van der Waals surface area contributed by atoms with Crippen LogP contribution in [0.15, 0.2) is 42.5 Å². The summed E-state index contributed by atoms with van der Waals surface area (Å²) < 4.78 is 5.15. The number of rotatable bonds is 5. The molecule has 5 nitrogen and oxygen atoms in total. The van der Waals surface area contributed by atoms with Crippen LogP contribution >= 0.6 is 11.6 Å². The van der Waals surface area contributed by atoms with Gasteiger partial charge in [-0.05, 0) is 55.7 Å². The summed E-state index contributed by atoms with van der Waals surface area (Å²) in [4.78, 5) is 25.3. The van der Waals surface area contributed by atoms with Crippen molar-refractivity contribution in [2.24, 2.45) is 5.41 Å². The van der Waals surface area contributed by atoms with Crippen molar-refractivity contribution >= 4 is 34.8 Å². The molecular weight excluding hydrogens is 340 g/mol. The highest BCUT2D eigenvalue weighted by Gasteiger charge is 2.56. The minimum absolute atomic E-state index is 0.293. The Balaban J connectivity index is 1.72. The minimum Gasteiger partial charge on any atom is -0.497 e. The van der Waals surface area contributed by atoms with Crippen LogP contribution < -0.4 is 15.4 Å². The van der Waals surface area contributed by atoms with Gasteiger partial charge in [-0.25, -0.2) is 0 Å². The third-order valence-electron chi connectivity index (χ3n) is 4.38. The van der Waals surface area contributed by atoms with E-state index in [1.807, 2.05) is 6.92 Å². The Morgan fingerprint density at radius 1 is 1.08 bits per heavy atom. The SMILES string of the molecule is COc1cccc(NC(=O)C2(C(=O)Nc3ccc(Cl)cc3C)CC2)c1. The normalized spacial score (nSPS) is 14.5. The second-order valence-corrected chi connectivity index (χ2v) is 6.62. The fourth-order valence-corrected chi connectivity index (χ4v) is 2.87. The van der Waals surface area contributed by atoms with E-state index in [1.54, 1.807) is 49.6 Å². The number of carbonyl (C=O) groups is 2. The molecule has 0 aliphatic heterocycles. The number of aryl methyl sites for hydroxylation is 1. The number of ether oxygens (including phenoxy) is 1. The van der Waals surface area contributed by atoms with Gasteiger partial charge in [-0.3, -0.25) is 9.59 Å². The zero-order valence-electron chi connectivity index (χ0n) is 14.1. The van der Waals surface area contributed by atoms with Crippen LogP contribution in [0.5, 0.6) is 5.75 Å². The first-order chi connectivity index (χ1) is 11.9. The second kappa shape index (κ2) is 6.76. The van der Waals surface area contributed by atoms with Gasteiger partial charge >= 0.3 is 0 Å². The molecule has 0 saturated heterocycles. The van der Waals surface area contributed by atoms with E-state index in [9.17, 15) is 9.59 Å². The molecule has 3 rings (SSSR count). The summed E-state index contributed by atoms with van der Waals surface area (Å²) in [5, 5.41) is 6.26. The lowest BCUT2D eigenvalue weighted by molar-refractivity contribution is -0.131. The number of hydrogen-bond acceptors (Lipinski definition) is 3. The van der Waals surface area contributed by atoms with Crippen molar-refractivity contribution in [2.75, 3.05) is 17.7 Å². The van der Waals surface area contributed by atoms with Gasteiger partial charge in [0.25, 0.3) is 0 Å². The quantitative estimate of drug-likeness (QED) is 0.793. The molecule has 0 atom stereocenters. The van der Waals surface area contributed by atoms with Gasteiger partial charge in [0, 0.05) is 22.5 Å². The third kappa shape index (κ3) is 3.61. The molecule has 1 aliphatic carbocycles. The number of hydrogen-bond donors (Lipinski definition) is 2. The molecule has 0 unspecified atom stereocenters. The maximum Gasteiger partial charge on any atom is 0.240 e. The van der Waals surface area contributed by atoms with Crippen molar-refractivity contribution in [3.8, 4) is 5.75 Å². The fraction of sp³-hybridized carbons (Fsp3) is 0.263. The van der Waals surface area contributed by atoms with Crippen molar-refractivity contribution in [1.82, 2.24) is 0 Å². The van der Waals surface area contributed by atoms with Crippen molar-refractivity contribution < 1.29 is 14.3 Å². The monoisotopic (exact) mass is 358 g/mol. The number of amides is 2. The molecule has 0 radical (unpaired) electrons. The zero-order chi connectivity index (χ0) is 18.0. The van der Waals surface area contributed by atoms with Gasteiger partial charge in [-0.1, -0.05) is 17.7 Å². The van der Waals surface area contributed by atoms with Crippen molar-refractivity contribution in [1.29, 1.82) is 0 Å². The van der Waals surface area contributed by atoms with Crippen LogP contribution in [-0.2, 0) is 9.59 Å². The first-order valence-electron chi connectivity index (χ1n) is 7.98. The molecule has 1 saturated carbocycles. The van der Waals surface area contributed by atoms with E-state index in [0.29, 0.717) is 35.0 Å². The van der Waals surface area contributed by atoms with Crippen molar-refractivity contribution in [3.63, 3.8) is 0 Å². The molecule has 2 aromatic carbocycles. The number of halogens is 1. The van der Waals surface area contributed by atoms with Gasteiger partial charge < -0.3 is 15.4 Å². The predicted octanol–water partition coefficient (Wildman–Crippen LogP) is 4.01. The summed E-state index contributed by atoms with van der Waals surface area (Å²) in [7, 11) is 1.56. The zero-order valence-corrected chi connectivity index (χ0v) is 14.8. The van der Waals surface area contributed by atoms with Crippen LogP contribution in [0.3, 0.4) is 0 Å². The summed E-state index contributed by atoms with van der Waals surface area (Å²) in [6.07, 6.45) is 1.06. The highest BCUT2D eigenvalue weighted by molar-refractivity contribution is 6.30. The second-order valence-electron chi connectivity index (χ2n) is 6.18. The van der Waals surface area contributed by atoms with Crippen molar-refractivity contribution in [3.05, 3.63) is 53.1 Å². The Morgan fingerprint density at radius 3 is 2.44 bits per heavy atom. The van der Waals surface area contributed by atoms with Crippen LogP contribution in [0.4, 0.5) is 11.4 Å². The molecular formula is C19H19ClN2O3. The molecule has 130 valence electrons. The van der Waals surface area contributed by atoms with E-state index in [0.717, 1.165) is 5.56 Å². The number of benzene rings is 2. The molecule has 0 heterocycles. The summed E-state index contributed by atoms with van der Waals surface area (Å²) in [6.45, 7) is 1.86. The number of carbonyl (C=O) groups excluding carboxylic acids is 2. The van der Waals surface area contributed by atoms with Crippen LogP contribution in [0.1, 0.15) is 18.4 Å². The molecule has 2 aromatic rings. The van der Waals surface area contributed by atoms with E-state index in [2.05, 4.69) is 10.6 Å². The van der Waals surface area contributed by atoms with Gasteiger partial charge in [0.1, 0.15) is 11.2 Å². The molecule has 25 heavy (non-hydrogen) atoms. The van der Waals surface area contributed by atoms with Gasteiger partial charge in [0.15, 0.2) is 0 Å². The number of methoxy groups -OCH3 is 1. The van der Waals surface area contributed by atoms with Crippen LogP contribution in [-0.4, -0.2) is 18.9 Å². The van der Waals surface area contributed by atoms with Gasteiger partial charge in [-0.2, -0.15) is 0 Å². The topological polar surface area (TPSA) is 67.4 Å². The standard InChI is InChI=1S/C19H19ClN2O3/c1-12-10-13(20)6-7-16(12)22-18(24)19(8-9-19)17(23)21-14-4-3-5-15(11-14)25-2/h3-7,10-11H,8-9H2,1-2H3,(H,21,23)(H,22,24). The molecule has 6 heteroatoms. The molecule has 2 amide bonds. The number of anilines is 2. The molecule has 0 aromatic heterocycles. The lowest BCUT2D eigenvalue weighted by Crippen LogP contribution is -2.35. The average molecular weight is 359 g/mol. The Labute approximate surface area is 151 Å². The first-order valence-corrected chi connectivity index (χ1v) is 8.35. The first kappa shape index (κ1) is 17.3. The Hall–Kier alpha value is -2.53. The Bertz CT molecular complexity index is 831. The summed E-state index contributed by atoms with van der Waals surface area (Å²) >= 11 is 5.93. The Morgan fingerprint density at radius 2 is 1.80 bits per heavy atom. The maximum atomic E-state index is 12.7. The largest absolute Gasteiger partial charge is 0.497 e. The van der Waals surface area contributed by atoms with E-state index in [1.165, 1.54) is 0 Å². The van der Waals surface area contributed by atoms with Crippen LogP contribution in [0, 0.1) is 12.3 Å². The minimum atomic E-state index is -1.02. The van der Waals surface area contributed by atoms with E-state index < -0.39 is 5.41 Å². The van der Waals surface area contributed by atoms with Gasteiger partial charge in [0.05, 0.1) is 7.11 Å². The summed E-state index contributed by atoms with van der Waals surface area (Å²) in [5.74, 6) is 0.0482. The predicted molar refractivity (Wildman–Crippen MR) is 98.1 cm³/mol. The smallest absolute Gasteiger partial charge is 0.240 e. The van der Waals surface area contributed by atoms with Crippen LogP contribution in [0.2, 0.25) is 5.02 Å². The maximum absolute atomic E-state index is 12.7. The molecule has 1 aliphatic rings. The highest BCUT2D eigenvalue weighted by Crippen LogP contribution is 2.47. The number of nitrogens with one attached hydrogen (secondary N) is 2. The van der Waals surface area contributed by atoms with E-state index in [-0.39, 0.29) is 11.8 Å². The molecule has 1 fully saturated rings. The highest BCUT2D eigenvalue weighted by atomic mass is 35.5. The summed E-state index contributed by atoms with van der Waals surface area (Å²) in [5.41, 5.74) is 1.10. The average Bonchev–Trinajstić information content (AvgIpc) is 3.39. The van der Waals surface area contributed by atoms with E-state index in [4.69, 9.17) is 16.3 Å². The fourth-order valence-electron chi connectivity index (χ4n) is 2.64. The lowest BCUT2D eigenvalue weighted by Gasteiger charge is -2.17. The van der Waals surface area contributed by atoms with Crippen LogP contribution in [0.25, 0.3) is 0 Å². The lowest BCUT2D eigenvalue weighted by atomic mass is 10.0. The molecule has 0 bridgehead atoms. The van der Waals surface area contributed by atoms with E-state index >= 15 is 0 Å². The molecule has 0 spiro atoms.